The van der Waals surface area contributed by atoms with Gasteiger partial charge in [-0.25, -0.2) is 0 Å². The summed E-state index contributed by atoms with van der Waals surface area (Å²) in [5.74, 6) is 4.21. The zero-order chi connectivity index (χ0) is 19.4. The highest BCUT2D eigenvalue weighted by atomic mass is 33.1. The molecule has 0 amide bonds. The monoisotopic (exact) mass is 438 g/mol. The van der Waals surface area contributed by atoms with Crippen LogP contribution in [0, 0.1) is 23.7 Å². The number of ketones is 1. The van der Waals surface area contributed by atoms with Crippen LogP contribution in [-0.2, 0) is 9.59 Å². The van der Waals surface area contributed by atoms with Crippen LogP contribution in [0.15, 0.2) is 0 Å². The Hall–Kier alpha value is 0.540. The lowest BCUT2D eigenvalue weighted by atomic mass is 9.81. The molecule has 26 heavy (non-hydrogen) atoms. The molecular formula is C19H34O3S4. The van der Waals surface area contributed by atoms with E-state index in [4.69, 9.17) is 5.11 Å². The first-order chi connectivity index (χ1) is 12.5. The molecular weight excluding hydrogens is 404 g/mol. The van der Waals surface area contributed by atoms with Gasteiger partial charge in [0.05, 0.1) is 5.92 Å². The molecule has 0 spiro atoms. The highest BCUT2D eigenvalue weighted by Crippen LogP contribution is 2.34. The van der Waals surface area contributed by atoms with E-state index in [1.165, 1.54) is 24.3 Å². The summed E-state index contributed by atoms with van der Waals surface area (Å²) in [6, 6.07) is 0. The largest absolute Gasteiger partial charge is 0.481 e. The molecule has 2 saturated carbocycles. The van der Waals surface area contributed by atoms with Gasteiger partial charge in [-0.1, -0.05) is 43.2 Å². The van der Waals surface area contributed by atoms with Crippen molar-refractivity contribution in [2.75, 3.05) is 24.0 Å². The predicted octanol–water partition coefficient (Wildman–Crippen LogP) is 6.28. The number of carbonyl (C=O) groups is 2. The van der Waals surface area contributed by atoms with Crippen LogP contribution in [-0.4, -0.2) is 40.9 Å². The fourth-order valence-corrected chi connectivity index (χ4v) is 6.94. The van der Waals surface area contributed by atoms with Crippen molar-refractivity contribution < 1.29 is 14.7 Å². The van der Waals surface area contributed by atoms with E-state index in [0.29, 0.717) is 11.7 Å². The van der Waals surface area contributed by atoms with E-state index in [0.717, 1.165) is 50.4 Å². The average Bonchev–Trinajstić information content (AvgIpc) is 2.66. The van der Waals surface area contributed by atoms with Crippen LogP contribution in [0.4, 0.5) is 0 Å². The van der Waals surface area contributed by atoms with Gasteiger partial charge < -0.3 is 5.11 Å². The Bertz CT molecular complexity index is 366. The van der Waals surface area contributed by atoms with Crippen LogP contribution >= 0.6 is 43.2 Å². The molecule has 7 heteroatoms. The van der Waals surface area contributed by atoms with E-state index in [1.54, 1.807) is 17.7 Å². The maximum absolute atomic E-state index is 11.1. The molecule has 2 aliphatic carbocycles. The van der Waals surface area contributed by atoms with Crippen molar-refractivity contribution in [1.29, 1.82) is 0 Å². The van der Waals surface area contributed by atoms with Gasteiger partial charge in [-0.2, -0.15) is 0 Å². The molecule has 0 aromatic carbocycles. The Balaban J connectivity index is 0.000000260. The van der Waals surface area contributed by atoms with Gasteiger partial charge >= 0.3 is 5.97 Å². The zero-order valence-electron chi connectivity index (χ0n) is 16.3. The standard InChI is InChI=1S/C10H18OS2.C9H16O2S2/c1-8(11)10-5-3-9(4-6-10)7-13-12-2;1-12-13-6-7-2-4-8(5-3-7)9(10)11/h9-10H,3-7H2,1-2H3;7-8H,2-6H2,1H3,(H,10,11). The number of Topliss-reactive ketones (excluding diaryl/α,β-unsaturated/α-hetero) is 1. The second-order valence-electron chi connectivity index (χ2n) is 7.29. The lowest BCUT2D eigenvalue weighted by Gasteiger charge is -2.26. The smallest absolute Gasteiger partial charge is 0.306 e. The first-order valence-corrected chi connectivity index (χ1v) is 15.0. The van der Waals surface area contributed by atoms with Crippen LogP contribution in [0.5, 0.6) is 0 Å². The summed E-state index contributed by atoms with van der Waals surface area (Å²) >= 11 is 0. The van der Waals surface area contributed by atoms with E-state index in [1.807, 2.05) is 32.4 Å². The summed E-state index contributed by atoms with van der Waals surface area (Å²) < 4.78 is 0. The molecule has 152 valence electrons. The van der Waals surface area contributed by atoms with Crippen molar-refractivity contribution in [1.82, 2.24) is 0 Å². The SMILES string of the molecule is CSSCC1CCC(C(=O)O)CC1.CSSCC1CCC(C(C)=O)CC1. The van der Waals surface area contributed by atoms with Gasteiger partial charge in [0.15, 0.2) is 0 Å². The zero-order valence-corrected chi connectivity index (χ0v) is 19.5. The molecule has 0 atom stereocenters. The molecule has 0 aromatic heterocycles. The topological polar surface area (TPSA) is 54.4 Å². The minimum absolute atomic E-state index is 0.0597. The number of carboxylic acid groups (broad SMARTS) is 1. The third kappa shape index (κ3) is 10.2. The summed E-state index contributed by atoms with van der Waals surface area (Å²) in [7, 11) is 7.50. The fraction of sp³-hybridized carbons (Fsp3) is 0.895. The third-order valence-electron chi connectivity index (χ3n) is 5.46. The van der Waals surface area contributed by atoms with Crippen LogP contribution < -0.4 is 0 Å². The molecule has 0 radical (unpaired) electrons. The van der Waals surface area contributed by atoms with Crippen molar-refractivity contribution in [3.63, 3.8) is 0 Å². The predicted molar refractivity (Wildman–Crippen MR) is 121 cm³/mol. The van der Waals surface area contributed by atoms with Gasteiger partial charge in [0, 0.05) is 17.4 Å². The van der Waals surface area contributed by atoms with Crippen LogP contribution in [0.3, 0.4) is 0 Å². The normalized spacial score (nSPS) is 28.7. The Kier molecular flexibility index (Phi) is 13.7. The van der Waals surface area contributed by atoms with Crippen molar-refractivity contribution in [2.24, 2.45) is 23.7 Å². The summed E-state index contributed by atoms with van der Waals surface area (Å²) in [4.78, 5) is 21.8. The van der Waals surface area contributed by atoms with E-state index in [9.17, 15) is 9.59 Å². The van der Waals surface area contributed by atoms with Crippen molar-refractivity contribution >= 4 is 54.9 Å². The van der Waals surface area contributed by atoms with Gasteiger partial charge in [-0.15, -0.1) is 0 Å². The third-order valence-corrected chi connectivity index (χ3v) is 9.38. The maximum Gasteiger partial charge on any atom is 0.306 e. The fourth-order valence-electron chi connectivity index (χ4n) is 3.64. The van der Waals surface area contributed by atoms with E-state index in [2.05, 4.69) is 12.5 Å². The Morgan fingerprint density at radius 1 is 0.769 bits per heavy atom. The maximum atomic E-state index is 11.1. The second kappa shape index (κ2) is 14.5. The van der Waals surface area contributed by atoms with Gasteiger partial charge in [-0.3, -0.25) is 9.59 Å². The number of hydrogen-bond donors (Lipinski definition) is 1. The minimum Gasteiger partial charge on any atom is -0.481 e. The van der Waals surface area contributed by atoms with Gasteiger partial charge in [0.2, 0.25) is 0 Å². The molecule has 0 heterocycles. The number of carbonyl (C=O) groups excluding carboxylic acids is 1. The lowest BCUT2D eigenvalue weighted by Crippen LogP contribution is -2.22. The van der Waals surface area contributed by atoms with E-state index >= 15 is 0 Å². The Morgan fingerprint density at radius 3 is 1.46 bits per heavy atom. The highest BCUT2D eigenvalue weighted by Gasteiger charge is 2.25. The number of hydrogen-bond acceptors (Lipinski definition) is 6. The first-order valence-electron chi connectivity index (χ1n) is 9.52. The molecule has 2 fully saturated rings. The minimum atomic E-state index is -0.601. The van der Waals surface area contributed by atoms with Crippen molar-refractivity contribution in [3.05, 3.63) is 0 Å². The van der Waals surface area contributed by atoms with E-state index < -0.39 is 5.97 Å². The summed E-state index contributed by atoms with van der Waals surface area (Å²) in [6.07, 6.45) is 13.0. The number of aliphatic carboxylic acids is 1. The molecule has 3 nitrogen and oxygen atoms in total. The molecule has 0 unspecified atom stereocenters. The Labute approximate surface area is 175 Å². The Morgan fingerprint density at radius 2 is 1.15 bits per heavy atom. The highest BCUT2D eigenvalue weighted by molar-refractivity contribution is 8.76. The summed E-state index contributed by atoms with van der Waals surface area (Å²) in [5.41, 5.74) is 0. The molecule has 2 aliphatic rings. The quantitative estimate of drug-likeness (QED) is 0.447. The van der Waals surface area contributed by atoms with Gasteiger partial charge in [-0.05, 0) is 82.6 Å². The molecule has 0 saturated heterocycles. The van der Waals surface area contributed by atoms with Gasteiger partial charge in [0.1, 0.15) is 5.78 Å². The van der Waals surface area contributed by atoms with Crippen molar-refractivity contribution in [2.45, 2.75) is 58.3 Å². The lowest BCUT2D eigenvalue weighted by molar-refractivity contribution is -0.143. The first kappa shape index (κ1) is 24.6. The summed E-state index contributed by atoms with van der Waals surface area (Å²) in [6.45, 7) is 1.74. The molecule has 0 aromatic rings. The summed E-state index contributed by atoms with van der Waals surface area (Å²) in [5, 5.41) is 8.79. The van der Waals surface area contributed by atoms with Gasteiger partial charge in [0.25, 0.3) is 0 Å². The molecule has 0 aliphatic heterocycles. The number of carboxylic acids is 1. The second-order valence-corrected chi connectivity index (χ2v) is 12.5. The molecule has 1 N–H and O–H groups in total. The average molecular weight is 439 g/mol. The van der Waals surface area contributed by atoms with E-state index in [-0.39, 0.29) is 5.92 Å². The molecule has 2 rings (SSSR count). The van der Waals surface area contributed by atoms with Crippen LogP contribution in [0.25, 0.3) is 0 Å². The number of rotatable bonds is 8. The van der Waals surface area contributed by atoms with Crippen LogP contribution in [0.1, 0.15) is 58.3 Å². The van der Waals surface area contributed by atoms with Crippen molar-refractivity contribution in [3.8, 4) is 0 Å². The molecule has 0 bridgehead atoms. The van der Waals surface area contributed by atoms with Crippen LogP contribution in [0.2, 0.25) is 0 Å².